The molecule has 0 aromatic rings. The van der Waals surface area contributed by atoms with Gasteiger partial charge in [-0.1, -0.05) is 0 Å². The van der Waals surface area contributed by atoms with Gasteiger partial charge in [-0.05, 0) is 25.7 Å². The summed E-state index contributed by atoms with van der Waals surface area (Å²) >= 11 is 0. The molecule has 0 bridgehead atoms. The fourth-order valence-corrected chi connectivity index (χ4v) is 2.25. The Morgan fingerprint density at radius 2 is 1.58 bits per heavy atom. The summed E-state index contributed by atoms with van der Waals surface area (Å²) in [6.45, 7) is 0. The Hall–Kier alpha value is 0.870. The summed E-state index contributed by atoms with van der Waals surface area (Å²) in [7, 11) is -3.80. The Labute approximate surface area is 94.9 Å². The number of rotatable bonds is 1. The summed E-state index contributed by atoms with van der Waals surface area (Å²) in [6, 6.07) is 0.119. The van der Waals surface area contributed by atoms with Gasteiger partial charge in [0.15, 0.2) is 0 Å². The van der Waals surface area contributed by atoms with E-state index in [1.165, 1.54) is 0 Å². The topological polar surface area (TPSA) is 80.4 Å². The molecule has 1 fully saturated rings. The Morgan fingerprint density at radius 1 is 1.17 bits per heavy atom. The monoisotopic (exact) mass is 203 g/mol. The Morgan fingerprint density at radius 3 is 1.92 bits per heavy atom. The molecule has 1 aliphatic rings. The maximum absolute atomic E-state index is 10.6. The molecule has 0 aromatic heterocycles. The molecule has 1 rings (SSSR count). The first kappa shape index (κ1) is 12.9. The van der Waals surface area contributed by atoms with E-state index < -0.39 is 15.4 Å². The molecule has 0 aliphatic heterocycles. The molecule has 0 atom stereocenters. The molecular weight excluding hydrogens is 189 g/mol. The Balaban J connectivity index is 0.00000121. The Bertz CT molecular complexity index is 221. The van der Waals surface area contributed by atoms with Gasteiger partial charge in [-0.2, -0.15) is 8.42 Å². The van der Waals surface area contributed by atoms with Crippen LogP contribution in [-0.4, -0.2) is 53.8 Å². The zero-order valence-electron chi connectivity index (χ0n) is 6.23. The van der Waals surface area contributed by atoms with Crippen molar-refractivity contribution < 1.29 is 13.0 Å². The average Bonchev–Trinajstić information content (AvgIpc) is 1.86. The molecule has 68 valence electrons. The molecule has 6 heteroatoms. The quantitative estimate of drug-likeness (QED) is 0.444. The molecule has 0 unspecified atom stereocenters. The van der Waals surface area contributed by atoms with Gasteiger partial charge in [0.2, 0.25) is 0 Å². The van der Waals surface area contributed by atoms with Crippen LogP contribution in [0.15, 0.2) is 0 Å². The van der Waals surface area contributed by atoms with Gasteiger partial charge in [0.1, 0.15) is 0 Å². The van der Waals surface area contributed by atoms with E-state index in [0.29, 0.717) is 25.7 Å². The summed E-state index contributed by atoms with van der Waals surface area (Å²) < 4.78 is 29.9. The first-order valence-electron chi connectivity index (χ1n) is 3.72. The van der Waals surface area contributed by atoms with E-state index in [1.54, 1.807) is 0 Å². The van der Waals surface area contributed by atoms with Crippen LogP contribution in [0.4, 0.5) is 0 Å². The fourth-order valence-electron chi connectivity index (χ4n) is 1.39. The predicted molar refractivity (Wildman–Crippen MR) is 48.9 cm³/mol. The number of hydrogen-bond acceptors (Lipinski definition) is 3. The molecule has 12 heavy (non-hydrogen) atoms. The van der Waals surface area contributed by atoms with Crippen LogP contribution in [-0.2, 0) is 10.1 Å². The van der Waals surface area contributed by atoms with Crippen LogP contribution < -0.4 is 5.73 Å². The molecular formula is C6H14NNaO3S. The molecule has 0 saturated heterocycles. The van der Waals surface area contributed by atoms with Gasteiger partial charge >= 0.3 is 29.6 Å². The average molecular weight is 203 g/mol. The second kappa shape index (κ2) is 4.93. The molecule has 0 radical (unpaired) electrons. The second-order valence-electron chi connectivity index (χ2n) is 3.05. The molecule has 1 aliphatic carbocycles. The zero-order chi connectivity index (χ0) is 8.48. The third kappa shape index (κ3) is 3.72. The van der Waals surface area contributed by atoms with Crippen LogP contribution in [0.2, 0.25) is 0 Å². The van der Waals surface area contributed by atoms with Crippen molar-refractivity contribution in [2.45, 2.75) is 37.0 Å². The van der Waals surface area contributed by atoms with Crippen molar-refractivity contribution >= 4 is 39.7 Å². The van der Waals surface area contributed by atoms with E-state index in [0.717, 1.165) is 0 Å². The third-order valence-corrected chi connectivity index (χ3v) is 3.45. The van der Waals surface area contributed by atoms with Crippen molar-refractivity contribution in [3.63, 3.8) is 0 Å². The molecule has 0 spiro atoms. The van der Waals surface area contributed by atoms with E-state index in [4.69, 9.17) is 10.3 Å². The first-order chi connectivity index (χ1) is 5.00. The van der Waals surface area contributed by atoms with Crippen molar-refractivity contribution in [1.82, 2.24) is 0 Å². The van der Waals surface area contributed by atoms with Crippen molar-refractivity contribution in [1.29, 1.82) is 0 Å². The van der Waals surface area contributed by atoms with Gasteiger partial charge in [-0.25, -0.2) is 0 Å². The second-order valence-corrected chi connectivity index (χ2v) is 4.75. The van der Waals surface area contributed by atoms with Gasteiger partial charge in [-0.15, -0.1) is 0 Å². The number of nitrogens with two attached hydrogens (primary N) is 1. The van der Waals surface area contributed by atoms with Crippen molar-refractivity contribution in [2.75, 3.05) is 0 Å². The molecule has 4 nitrogen and oxygen atoms in total. The van der Waals surface area contributed by atoms with Crippen LogP contribution in [0.5, 0.6) is 0 Å². The van der Waals surface area contributed by atoms with E-state index in [9.17, 15) is 8.42 Å². The van der Waals surface area contributed by atoms with Gasteiger partial charge in [0.05, 0.1) is 5.25 Å². The SMILES string of the molecule is NC1CCC(S(=O)(=O)O)CC1.[NaH]. The van der Waals surface area contributed by atoms with Crippen LogP contribution in [0.1, 0.15) is 25.7 Å². The summed E-state index contributed by atoms with van der Waals surface area (Å²) in [5.41, 5.74) is 5.56. The maximum atomic E-state index is 10.6. The van der Waals surface area contributed by atoms with Crippen molar-refractivity contribution in [3.8, 4) is 0 Å². The zero-order valence-corrected chi connectivity index (χ0v) is 7.05. The molecule has 0 heterocycles. The van der Waals surface area contributed by atoms with Gasteiger partial charge < -0.3 is 5.73 Å². The van der Waals surface area contributed by atoms with E-state index >= 15 is 0 Å². The summed E-state index contributed by atoms with van der Waals surface area (Å²) in [6.07, 6.45) is 2.40. The minimum absolute atomic E-state index is 0. The van der Waals surface area contributed by atoms with Crippen LogP contribution in [0.3, 0.4) is 0 Å². The van der Waals surface area contributed by atoms with Gasteiger partial charge in [0.25, 0.3) is 10.1 Å². The van der Waals surface area contributed by atoms with Crippen molar-refractivity contribution in [2.24, 2.45) is 5.73 Å². The number of hydrogen-bond donors (Lipinski definition) is 2. The van der Waals surface area contributed by atoms with Crippen LogP contribution >= 0.6 is 0 Å². The van der Waals surface area contributed by atoms with Crippen LogP contribution in [0.25, 0.3) is 0 Å². The van der Waals surface area contributed by atoms with Gasteiger partial charge in [-0.3, -0.25) is 4.55 Å². The third-order valence-electron chi connectivity index (χ3n) is 2.14. The molecule has 1 saturated carbocycles. The minimum atomic E-state index is -3.80. The molecule has 0 amide bonds. The van der Waals surface area contributed by atoms with Crippen LogP contribution in [0, 0.1) is 0 Å². The molecule has 0 aromatic carbocycles. The van der Waals surface area contributed by atoms with E-state index in [-0.39, 0.29) is 35.6 Å². The van der Waals surface area contributed by atoms with Crippen molar-refractivity contribution in [3.05, 3.63) is 0 Å². The van der Waals surface area contributed by atoms with E-state index in [1.807, 2.05) is 0 Å². The normalized spacial score (nSPS) is 30.8. The summed E-state index contributed by atoms with van der Waals surface area (Å²) in [5, 5.41) is -0.567. The standard InChI is InChI=1S/C6H13NO3S.Na.H/c7-5-1-3-6(4-2-5)11(8,9)10;;/h5-6H,1-4,7H2,(H,8,9,10);;. The van der Waals surface area contributed by atoms with E-state index in [2.05, 4.69) is 0 Å². The first-order valence-corrected chi connectivity index (χ1v) is 5.22. The summed E-state index contributed by atoms with van der Waals surface area (Å²) in [4.78, 5) is 0. The predicted octanol–water partition coefficient (Wildman–Crippen LogP) is -0.504. The Kier molecular flexibility index (Phi) is 5.29. The molecule has 3 N–H and O–H groups in total. The van der Waals surface area contributed by atoms with Gasteiger partial charge in [0, 0.05) is 6.04 Å². The summed E-state index contributed by atoms with van der Waals surface area (Å²) in [5.74, 6) is 0. The fraction of sp³-hybridized carbons (Fsp3) is 1.00.